The summed E-state index contributed by atoms with van der Waals surface area (Å²) in [6.45, 7) is 3.01. The highest BCUT2D eigenvalue weighted by molar-refractivity contribution is 5.55. The number of hydrogen-bond donors (Lipinski definition) is 1. The molecule has 0 spiro atoms. The molecule has 1 aromatic rings. The van der Waals surface area contributed by atoms with Gasteiger partial charge in [0.15, 0.2) is 0 Å². The van der Waals surface area contributed by atoms with Gasteiger partial charge >= 0.3 is 0 Å². The molecule has 2 rings (SSSR count). The van der Waals surface area contributed by atoms with Gasteiger partial charge in [-0.25, -0.2) is 0 Å². The van der Waals surface area contributed by atoms with E-state index in [0.29, 0.717) is 0 Å². The second kappa shape index (κ2) is 2.75. The highest BCUT2D eigenvalue weighted by atomic mass is 15.2. The Hall–Kier alpha value is -1.09. The standard InChI is InChI=1S/C9H13N3/c1-7(10)12-6-4-8-9(12)3-2-5-11-8/h2-3,5,7H,4,6,10H2,1H3. The van der Waals surface area contributed by atoms with Gasteiger partial charge in [0.1, 0.15) is 0 Å². The number of fused-ring (bicyclic) bond motifs is 1. The number of aromatic nitrogens is 1. The molecular formula is C9H13N3. The molecule has 0 saturated carbocycles. The van der Waals surface area contributed by atoms with Crippen LogP contribution in [-0.4, -0.2) is 17.7 Å². The quantitative estimate of drug-likeness (QED) is 0.664. The van der Waals surface area contributed by atoms with E-state index < -0.39 is 0 Å². The van der Waals surface area contributed by atoms with Crippen LogP contribution in [0.2, 0.25) is 0 Å². The Morgan fingerprint density at radius 2 is 2.50 bits per heavy atom. The molecule has 0 aromatic carbocycles. The molecule has 3 nitrogen and oxygen atoms in total. The molecule has 1 unspecified atom stereocenters. The summed E-state index contributed by atoms with van der Waals surface area (Å²) in [5.74, 6) is 0. The zero-order chi connectivity index (χ0) is 8.55. The molecular weight excluding hydrogens is 150 g/mol. The zero-order valence-electron chi connectivity index (χ0n) is 7.20. The third kappa shape index (κ3) is 1.06. The van der Waals surface area contributed by atoms with Gasteiger partial charge in [0.05, 0.1) is 17.5 Å². The van der Waals surface area contributed by atoms with Crippen LogP contribution in [0.4, 0.5) is 5.69 Å². The van der Waals surface area contributed by atoms with Crippen LogP contribution in [0.15, 0.2) is 18.3 Å². The first-order valence-electron chi connectivity index (χ1n) is 4.25. The third-order valence-corrected chi connectivity index (χ3v) is 2.26. The third-order valence-electron chi connectivity index (χ3n) is 2.26. The van der Waals surface area contributed by atoms with Gasteiger partial charge < -0.3 is 10.6 Å². The fraction of sp³-hybridized carbons (Fsp3) is 0.444. The van der Waals surface area contributed by atoms with Crippen molar-refractivity contribution >= 4 is 5.69 Å². The predicted octanol–water partition coefficient (Wildman–Crippen LogP) is 0.749. The molecule has 1 aliphatic rings. The van der Waals surface area contributed by atoms with Crippen LogP contribution in [0.25, 0.3) is 0 Å². The summed E-state index contributed by atoms with van der Waals surface area (Å²) in [5.41, 5.74) is 8.19. The van der Waals surface area contributed by atoms with E-state index in [9.17, 15) is 0 Å². The summed E-state index contributed by atoms with van der Waals surface area (Å²) in [6.07, 6.45) is 2.96. The van der Waals surface area contributed by atoms with Gasteiger partial charge in [0, 0.05) is 19.2 Å². The van der Waals surface area contributed by atoms with Gasteiger partial charge in [-0.1, -0.05) is 0 Å². The van der Waals surface area contributed by atoms with Crippen molar-refractivity contribution in [2.45, 2.75) is 19.5 Å². The molecule has 1 atom stereocenters. The average molecular weight is 163 g/mol. The number of hydrogen-bond acceptors (Lipinski definition) is 3. The Bertz CT molecular complexity index is 283. The number of pyridine rings is 1. The van der Waals surface area contributed by atoms with Crippen LogP contribution in [0.5, 0.6) is 0 Å². The van der Waals surface area contributed by atoms with E-state index in [1.165, 1.54) is 11.4 Å². The minimum Gasteiger partial charge on any atom is -0.355 e. The average Bonchev–Trinajstić information content (AvgIpc) is 2.47. The van der Waals surface area contributed by atoms with Crippen molar-refractivity contribution < 1.29 is 0 Å². The molecule has 1 aliphatic heterocycles. The lowest BCUT2D eigenvalue weighted by Crippen LogP contribution is -2.38. The first-order valence-corrected chi connectivity index (χ1v) is 4.25. The summed E-state index contributed by atoms with van der Waals surface area (Å²) < 4.78 is 0. The molecule has 0 radical (unpaired) electrons. The summed E-state index contributed by atoms with van der Waals surface area (Å²) in [6, 6.07) is 4.04. The molecule has 0 saturated heterocycles. The van der Waals surface area contributed by atoms with Crippen LogP contribution in [0.1, 0.15) is 12.6 Å². The first kappa shape index (κ1) is 7.55. The SMILES string of the molecule is CC(N)N1CCc2ncccc21. The molecule has 0 aliphatic carbocycles. The van der Waals surface area contributed by atoms with E-state index in [1.807, 2.05) is 19.2 Å². The summed E-state index contributed by atoms with van der Waals surface area (Å²) >= 11 is 0. The molecule has 0 bridgehead atoms. The zero-order valence-corrected chi connectivity index (χ0v) is 7.20. The molecule has 12 heavy (non-hydrogen) atoms. The lowest BCUT2D eigenvalue weighted by Gasteiger charge is -2.22. The second-order valence-electron chi connectivity index (χ2n) is 3.15. The largest absolute Gasteiger partial charge is 0.355 e. The minimum atomic E-state index is 0.0930. The van der Waals surface area contributed by atoms with Crippen LogP contribution < -0.4 is 10.6 Å². The van der Waals surface area contributed by atoms with Gasteiger partial charge in [0.25, 0.3) is 0 Å². The van der Waals surface area contributed by atoms with Crippen LogP contribution in [-0.2, 0) is 6.42 Å². The van der Waals surface area contributed by atoms with Crippen molar-refractivity contribution in [2.75, 3.05) is 11.4 Å². The fourth-order valence-corrected chi connectivity index (χ4v) is 1.65. The van der Waals surface area contributed by atoms with Gasteiger partial charge in [-0.2, -0.15) is 0 Å². The van der Waals surface area contributed by atoms with Crippen molar-refractivity contribution in [1.29, 1.82) is 0 Å². The van der Waals surface area contributed by atoms with Crippen molar-refractivity contribution in [3.8, 4) is 0 Å². The fourth-order valence-electron chi connectivity index (χ4n) is 1.65. The Balaban J connectivity index is 2.36. The maximum absolute atomic E-state index is 5.81. The summed E-state index contributed by atoms with van der Waals surface area (Å²) in [7, 11) is 0. The molecule has 64 valence electrons. The van der Waals surface area contributed by atoms with Crippen LogP contribution in [0.3, 0.4) is 0 Å². The van der Waals surface area contributed by atoms with Crippen molar-refractivity contribution in [3.05, 3.63) is 24.0 Å². The van der Waals surface area contributed by atoms with E-state index in [1.54, 1.807) is 0 Å². The molecule has 2 N–H and O–H groups in total. The summed E-state index contributed by atoms with van der Waals surface area (Å²) in [4.78, 5) is 6.48. The Morgan fingerprint density at radius 1 is 1.67 bits per heavy atom. The van der Waals surface area contributed by atoms with Crippen molar-refractivity contribution in [1.82, 2.24) is 4.98 Å². The minimum absolute atomic E-state index is 0.0930. The van der Waals surface area contributed by atoms with E-state index in [-0.39, 0.29) is 6.17 Å². The van der Waals surface area contributed by atoms with Gasteiger partial charge in [-0.05, 0) is 19.1 Å². The lowest BCUT2D eigenvalue weighted by molar-refractivity contribution is 0.682. The van der Waals surface area contributed by atoms with Crippen LogP contribution >= 0.6 is 0 Å². The molecule has 1 aromatic heterocycles. The second-order valence-corrected chi connectivity index (χ2v) is 3.15. The maximum atomic E-state index is 5.81. The molecule has 0 amide bonds. The number of rotatable bonds is 1. The first-order chi connectivity index (χ1) is 5.79. The molecule has 0 fully saturated rings. The van der Waals surface area contributed by atoms with E-state index in [4.69, 9.17) is 5.73 Å². The molecule has 2 heterocycles. The Labute approximate surface area is 72.2 Å². The van der Waals surface area contributed by atoms with Gasteiger partial charge in [0.2, 0.25) is 0 Å². The maximum Gasteiger partial charge on any atom is 0.0743 e. The topological polar surface area (TPSA) is 42.1 Å². The van der Waals surface area contributed by atoms with Crippen LogP contribution in [0, 0.1) is 0 Å². The highest BCUT2D eigenvalue weighted by Gasteiger charge is 2.21. The van der Waals surface area contributed by atoms with E-state index in [0.717, 1.165) is 13.0 Å². The number of anilines is 1. The number of nitrogens with two attached hydrogens (primary N) is 1. The lowest BCUT2D eigenvalue weighted by atomic mass is 10.3. The Kier molecular flexibility index (Phi) is 1.73. The van der Waals surface area contributed by atoms with Crippen molar-refractivity contribution in [3.63, 3.8) is 0 Å². The van der Waals surface area contributed by atoms with Crippen molar-refractivity contribution in [2.24, 2.45) is 5.73 Å². The van der Waals surface area contributed by atoms with Gasteiger partial charge in [-0.3, -0.25) is 4.98 Å². The van der Waals surface area contributed by atoms with E-state index >= 15 is 0 Å². The normalized spacial score (nSPS) is 17.7. The predicted molar refractivity (Wildman–Crippen MR) is 48.9 cm³/mol. The van der Waals surface area contributed by atoms with Gasteiger partial charge in [-0.15, -0.1) is 0 Å². The summed E-state index contributed by atoms with van der Waals surface area (Å²) in [5, 5.41) is 0. The van der Waals surface area contributed by atoms with E-state index in [2.05, 4.69) is 16.0 Å². The number of nitrogens with zero attached hydrogens (tertiary/aromatic N) is 2. The highest BCUT2D eigenvalue weighted by Crippen LogP contribution is 2.25. The Morgan fingerprint density at radius 3 is 3.25 bits per heavy atom. The molecule has 3 heteroatoms. The smallest absolute Gasteiger partial charge is 0.0743 e. The monoisotopic (exact) mass is 163 g/mol.